The molecular formula is C18H12Cl2F3N3O3S. The first-order chi connectivity index (χ1) is 14.0. The Balaban J connectivity index is 1.81. The number of benzene rings is 2. The topological polar surface area (TPSA) is 85.4 Å². The minimum atomic E-state index is -4.76. The van der Waals surface area contributed by atoms with Crippen molar-refractivity contribution in [3.05, 3.63) is 69.5 Å². The molecule has 6 nitrogen and oxygen atoms in total. The molecule has 0 fully saturated rings. The van der Waals surface area contributed by atoms with Crippen LogP contribution in [0.3, 0.4) is 0 Å². The molecule has 1 heterocycles. The molecular weight excluding hydrogens is 466 g/mol. The van der Waals surface area contributed by atoms with Crippen LogP contribution in [0.4, 0.5) is 13.2 Å². The molecule has 0 spiro atoms. The molecule has 158 valence electrons. The number of aromatic nitrogens is 2. The lowest BCUT2D eigenvalue weighted by Gasteiger charge is -2.08. The van der Waals surface area contributed by atoms with Crippen LogP contribution in [0.1, 0.15) is 21.8 Å². The maximum Gasteiger partial charge on any atom is 0.471 e. The monoisotopic (exact) mass is 477 g/mol. The maximum atomic E-state index is 12.8. The molecule has 0 bridgehead atoms. The lowest BCUT2D eigenvalue weighted by Crippen LogP contribution is -2.07. The van der Waals surface area contributed by atoms with E-state index in [2.05, 4.69) is 19.0 Å². The SMILES string of the molecule is CS(=O)(Cc1c(Cl)cccc1Cl)=NC(=O)c1ccc(-c2noc(C(F)(F)F)n2)cc1. The molecule has 1 atom stereocenters. The minimum Gasteiger partial charge on any atom is -0.329 e. The predicted molar refractivity (Wildman–Crippen MR) is 106 cm³/mol. The van der Waals surface area contributed by atoms with Crippen molar-refractivity contribution >= 4 is 38.8 Å². The van der Waals surface area contributed by atoms with Crippen LogP contribution in [0, 0.1) is 0 Å². The van der Waals surface area contributed by atoms with Gasteiger partial charge in [0.25, 0.3) is 5.91 Å². The average Bonchev–Trinajstić information content (AvgIpc) is 3.15. The van der Waals surface area contributed by atoms with Gasteiger partial charge >= 0.3 is 12.1 Å². The number of hydrogen-bond donors (Lipinski definition) is 0. The molecule has 0 aliphatic carbocycles. The van der Waals surface area contributed by atoms with Gasteiger partial charge in [-0.05, 0) is 24.3 Å². The molecule has 30 heavy (non-hydrogen) atoms. The van der Waals surface area contributed by atoms with Crippen LogP contribution >= 0.6 is 23.2 Å². The average molecular weight is 478 g/mol. The largest absolute Gasteiger partial charge is 0.471 e. The summed E-state index contributed by atoms with van der Waals surface area (Å²) in [6, 6.07) is 10.1. The van der Waals surface area contributed by atoms with Crippen LogP contribution in [0.5, 0.6) is 0 Å². The Kier molecular flexibility index (Phi) is 6.21. The van der Waals surface area contributed by atoms with Gasteiger partial charge in [0, 0.05) is 33.0 Å². The van der Waals surface area contributed by atoms with Crippen LogP contribution in [0.15, 0.2) is 51.4 Å². The number of halogens is 5. The van der Waals surface area contributed by atoms with E-state index in [-0.39, 0.29) is 22.7 Å². The summed E-state index contributed by atoms with van der Waals surface area (Å²) in [6.07, 6.45) is -3.46. The van der Waals surface area contributed by atoms with E-state index >= 15 is 0 Å². The van der Waals surface area contributed by atoms with Gasteiger partial charge in [-0.3, -0.25) is 4.79 Å². The number of amides is 1. The highest BCUT2D eigenvalue weighted by Crippen LogP contribution is 2.30. The van der Waals surface area contributed by atoms with Gasteiger partial charge in [-0.1, -0.05) is 46.6 Å². The summed E-state index contributed by atoms with van der Waals surface area (Å²) in [7, 11) is -3.01. The van der Waals surface area contributed by atoms with Crippen LogP contribution in [-0.2, 0) is 21.7 Å². The second-order valence-corrected chi connectivity index (χ2v) is 9.40. The molecule has 0 saturated carbocycles. The zero-order chi connectivity index (χ0) is 22.1. The van der Waals surface area contributed by atoms with E-state index in [4.69, 9.17) is 23.2 Å². The predicted octanol–water partition coefficient (Wildman–Crippen LogP) is 5.50. The van der Waals surface area contributed by atoms with Gasteiger partial charge in [-0.25, -0.2) is 4.21 Å². The van der Waals surface area contributed by atoms with Crippen LogP contribution in [0.2, 0.25) is 10.0 Å². The van der Waals surface area contributed by atoms with Gasteiger partial charge in [-0.15, -0.1) is 0 Å². The smallest absolute Gasteiger partial charge is 0.329 e. The summed E-state index contributed by atoms with van der Waals surface area (Å²) < 4.78 is 58.4. The Hall–Kier alpha value is -2.43. The number of nitrogens with zero attached hydrogens (tertiary/aromatic N) is 3. The molecule has 3 aromatic rings. The van der Waals surface area contributed by atoms with Crippen molar-refractivity contribution in [2.75, 3.05) is 6.26 Å². The van der Waals surface area contributed by atoms with E-state index in [9.17, 15) is 22.2 Å². The molecule has 1 aromatic heterocycles. The van der Waals surface area contributed by atoms with Gasteiger partial charge in [-0.2, -0.15) is 22.5 Å². The summed E-state index contributed by atoms with van der Waals surface area (Å²) in [4.78, 5) is 15.7. The minimum absolute atomic E-state index is 0.0816. The zero-order valence-electron chi connectivity index (χ0n) is 15.1. The fourth-order valence-corrected chi connectivity index (χ4v) is 4.47. The molecule has 1 unspecified atom stereocenters. The van der Waals surface area contributed by atoms with E-state index in [0.717, 1.165) is 0 Å². The van der Waals surface area contributed by atoms with Crippen LogP contribution in [-0.4, -0.2) is 26.5 Å². The first-order valence-corrected chi connectivity index (χ1v) is 11.0. The second kappa shape index (κ2) is 8.37. The standard InChI is InChI=1S/C18H12Cl2F3N3O3S/c1-30(28,9-12-13(19)3-2-4-14(12)20)26-16(27)11-7-5-10(6-8-11)15-24-17(29-25-15)18(21,22)23/h2-8H,9H2,1H3. The summed E-state index contributed by atoms with van der Waals surface area (Å²) in [6.45, 7) is 0. The van der Waals surface area contributed by atoms with Crippen molar-refractivity contribution in [3.8, 4) is 11.4 Å². The fraction of sp³-hybridized carbons (Fsp3) is 0.167. The van der Waals surface area contributed by atoms with E-state index in [1.165, 1.54) is 30.5 Å². The van der Waals surface area contributed by atoms with Gasteiger partial charge in [0.05, 0.1) is 15.5 Å². The summed E-state index contributed by atoms with van der Waals surface area (Å²) in [5, 5.41) is 3.88. The highest BCUT2D eigenvalue weighted by Gasteiger charge is 2.38. The van der Waals surface area contributed by atoms with Crippen molar-refractivity contribution in [1.82, 2.24) is 10.1 Å². The second-order valence-electron chi connectivity index (χ2n) is 6.20. The van der Waals surface area contributed by atoms with Crippen molar-refractivity contribution < 1.29 is 26.7 Å². The summed E-state index contributed by atoms with van der Waals surface area (Å²) >= 11 is 12.1. The number of carbonyl (C=O) groups excluding carboxylic acids is 1. The van der Waals surface area contributed by atoms with Crippen molar-refractivity contribution in [1.29, 1.82) is 0 Å². The quantitative estimate of drug-likeness (QED) is 0.495. The fourth-order valence-electron chi connectivity index (χ4n) is 2.42. The first-order valence-electron chi connectivity index (χ1n) is 8.15. The first kappa shape index (κ1) is 22.3. The summed E-state index contributed by atoms with van der Waals surface area (Å²) in [5.74, 6) is -2.65. The Labute approximate surface area is 179 Å². The van der Waals surface area contributed by atoms with Gasteiger partial charge in [0.1, 0.15) is 0 Å². The van der Waals surface area contributed by atoms with Crippen molar-refractivity contribution in [2.24, 2.45) is 4.36 Å². The number of carbonyl (C=O) groups is 1. The third kappa shape index (κ3) is 5.18. The molecule has 3 rings (SSSR count). The van der Waals surface area contributed by atoms with E-state index in [1.54, 1.807) is 18.2 Å². The molecule has 12 heteroatoms. The highest BCUT2D eigenvalue weighted by molar-refractivity contribution is 7.92. The zero-order valence-corrected chi connectivity index (χ0v) is 17.4. The molecule has 1 amide bonds. The van der Waals surface area contributed by atoms with Crippen molar-refractivity contribution in [2.45, 2.75) is 11.9 Å². The number of alkyl halides is 3. The highest BCUT2D eigenvalue weighted by atomic mass is 35.5. The van der Waals surface area contributed by atoms with Gasteiger partial charge in [0.15, 0.2) is 0 Å². The lowest BCUT2D eigenvalue weighted by atomic mass is 10.1. The third-order valence-corrected chi connectivity index (χ3v) is 5.89. The van der Waals surface area contributed by atoms with E-state index in [0.29, 0.717) is 15.6 Å². The molecule has 0 saturated heterocycles. The third-order valence-electron chi connectivity index (χ3n) is 3.81. The Bertz CT molecular complexity index is 1200. The lowest BCUT2D eigenvalue weighted by molar-refractivity contribution is -0.159. The van der Waals surface area contributed by atoms with E-state index < -0.39 is 27.7 Å². The van der Waals surface area contributed by atoms with Gasteiger partial charge in [0.2, 0.25) is 5.82 Å². The van der Waals surface area contributed by atoms with E-state index in [1.807, 2.05) is 0 Å². The summed E-state index contributed by atoms with van der Waals surface area (Å²) in [5.41, 5.74) is 0.696. The normalized spacial score (nSPS) is 13.7. The van der Waals surface area contributed by atoms with Gasteiger partial charge < -0.3 is 4.52 Å². The molecule has 0 aliphatic heterocycles. The Morgan fingerprint density at radius 2 is 1.73 bits per heavy atom. The Morgan fingerprint density at radius 1 is 1.13 bits per heavy atom. The van der Waals surface area contributed by atoms with Crippen molar-refractivity contribution in [3.63, 3.8) is 0 Å². The van der Waals surface area contributed by atoms with Crippen LogP contribution < -0.4 is 0 Å². The molecule has 0 N–H and O–H groups in total. The number of hydrogen-bond acceptors (Lipinski definition) is 5. The Morgan fingerprint density at radius 3 is 2.27 bits per heavy atom. The molecule has 2 aromatic carbocycles. The van der Waals surface area contributed by atoms with Crippen LogP contribution in [0.25, 0.3) is 11.4 Å². The maximum absolute atomic E-state index is 12.8. The molecule has 0 aliphatic rings. The molecule has 0 radical (unpaired) electrons. The number of rotatable bonds is 4.